The van der Waals surface area contributed by atoms with Crippen LogP contribution in [-0.4, -0.2) is 36.9 Å². The van der Waals surface area contributed by atoms with Crippen LogP contribution in [-0.2, 0) is 6.42 Å². The zero-order valence-corrected chi connectivity index (χ0v) is 22.2. The molecule has 0 bridgehead atoms. The van der Waals surface area contributed by atoms with Crippen molar-refractivity contribution in [2.75, 3.05) is 26.8 Å². The molecule has 1 aromatic heterocycles. The van der Waals surface area contributed by atoms with E-state index in [1.807, 2.05) is 12.1 Å². The van der Waals surface area contributed by atoms with Crippen molar-refractivity contribution >= 4 is 16.8 Å². The Labute approximate surface area is 222 Å². The van der Waals surface area contributed by atoms with Gasteiger partial charge in [-0.15, -0.1) is 0 Å². The highest BCUT2D eigenvalue weighted by molar-refractivity contribution is 6.00. The number of carbonyl (C=O) groups excluding carboxylic acids is 1. The van der Waals surface area contributed by atoms with Crippen LogP contribution in [0.5, 0.6) is 17.2 Å². The Kier molecular flexibility index (Phi) is 8.63. The van der Waals surface area contributed by atoms with Gasteiger partial charge in [0.25, 0.3) is 11.5 Å². The summed E-state index contributed by atoms with van der Waals surface area (Å²) in [7, 11) is 4.54. The number of benzene rings is 3. The first kappa shape index (κ1) is 26.7. The highest BCUT2D eigenvalue weighted by Gasteiger charge is 2.20. The lowest BCUT2D eigenvalue weighted by Gasteiger charge is -2.17. The number of ether oxygens (including phenoxy) is 3. The molecule has 38 heavy (non-hydrogen) atoms. The molecule has 0 atom stereocenters. The number of unbranched alkanes of at least 4 members (excludes halogenated alkanes) is 3. The van der Waals surface area contributed by atoms with Crippen LogP contribution in [0, 0.1) is 0 Å². The average molecular weight is 516 g/mol. The summed E-state index contributed by atoms with van der Waals surface area (Å²) in [5.74, 6) is 1.02. The summed E-state index contributed by atoms with van der Waals surface area (Å²) >= 11 is 0. The molecule has 8 nitrogen and oxygen atoms in total. The summed E-state index contributed by atoms with van der Waals surface area (Å²) < 4.78 is 17.6. The van der Waals surface area contributed by atoms with Gasteiger partial charge in [0.2, 0.25) is 5.75 Å². The zero-order valence-electron chi connectivity index (χ0n) is 22.2. The Balaban J connectivity index is 1.74. The van der Waals surface area contributed by atoms with E-state index in [1.165, 1.54) is 50.8 Å². The van der Waals surface area contributed by atoms with Crippen molar-refractivity contribution in [3.05, 3.63) is 82.1 Å². The van der Waals surface area contributed by atoms with Crippen molar-refractivity contribution in [3.8, 4) is 28.6 Å². The first-order chi connectivity index (χ1) is 18.5. The normalized spacial score (nSPS) is 10.8. The van der Waals surface area contributed by atoms with Crippen molar-refractivity contribution in [3.63, 3.8) is 0 Å². The molecular formula is C30H33N3O5. The van der Waals surface area contributed by atoms with Crippen LogP contribution in [0.4, 0.5) is 0 Å². The SMILES string of the molecule is CCCCCCc1ccc(C(=O)Nn2c(-c3cc(OC)c(OC)c(OC)c3)nc3ccccc3c2=O)cc1. The lowest BCUT2D eigenvalue weighted by molar-refractivity contribution is 0.101. The second-order valence-corrected chi connectivity index (χ2v) is 8.96. The van der Waals surface area contributed by atoms with Gasteiger partial charge >= 0.3 is 0 Å². The number of amides is 1. The lowest BCUT2D eigenvalue weighted by Crippen LogP contribution is -2.35. The van der Waals surface area contributed by atoms with Crippen LogP contribution in [0.1, 0.15) is 48.5 Å². The number of hydrogen-bond acceptors (Lipinski definition) is 6. The highest BCUT2D eigenvalue weighted by Crippen LogP contribution is 2.40. The first-order valence-corrected chi connectivity index (χ1v) is 12.7. The fourth-order valence-corrected chi connectivity index (χ4v) is 4.39. The maximum absolute atomic E-state index is 13.6. The van der Waals surface area contributed by atoms with E-state index in [-0.39, 0.29) is 5.82 Å². The Bertz CT molecular complexity index is 1450. The van der Waals surface area contributed by atoms with Crippen molar-refractivity contribution in [1.82, 2.24) is 9.66 Å². The van der Waals surface area contributed by atoms with Gasteiger partial charge in [0.15, 0.2) is 17.3 Å². The quantitative estimate of drug-likeness (QED) is 0.262. The molecule has 3 aromatic carbocycles. The van der Waals surface area contributed by atoms with E-state index in [4.69, 9.17) is 19.2 Å². The van der Waals surface area contributed by atoms with E-state index in [9.17, 15) is 9.59 Å². The molecule has 8 heteroatoms. The minimum atomic E-state index is -0.421. The third kappa shape index (κ3) is 5.64. The molecule has 0 spiro atoms. The van der Waals surface area contributed by atoms with Gasteiger partial charge < -0.3 is 14.2 Å². The summed E-state index contributed by atoms with van der Waals surface area (Å²) in [4.78, 5) is 31.6. The molecule has 1 N–H and O–H groups in total. The number of rotatable bonds is 11. The summed E-state index contributed by atoms with van der Waals surface area (Å²) in [5, 5.41) is 0.381. The highest BCUT2D eigenvalue weighted by atomic mass is 16.5. The topological polar surface area (TPSA) is 91.7 Å². The van der Waals surface area contributed by atoms with E-state index in [0.717, 1.165) is 12.8 Å². The Hall–Kier alpha value is -4.33. The van der Waals surface area contributed by atoms with Crippen LogP contribution in [0.25, 0.3) is 22.3 Å². The minimum absolute atomic E-state index is 0.230. The molecule has 4 aromatic rings. The summed E-state index contributed by atoms with van der Waals surface area (Å²) in [5.41, 5.74) is 4.98. The van der Waals surface area contributed by atoms with E-state index in [0.29, 0.717) is 39.3 Å². The van der Waals surface area contributed by atoms with Crippen LogP contribution in [0.2, 0.25) is 0 Å². The Morgan fingerprint density at radius 1 is 0.895 bits per heavy atom. The fraction of sp³-hybridized carbons (Fsp3) is 0.300. The van der Waals surface area contributed by atoms with Gasteiger partial charge in [-0.1, -0.05) is 50.5 Å². The van der Waals surface area contributed by atoms with Gasteiger partial charge in [-0.2, -0.15) is 4.68 Å². The predicted molar refractivity (Wildman–Crippen MR) is 149 cm³/mol. The number of fused-ring (bicyclic) bond motifs is 1. The third-order valence-corrected chi connectivity index (χ3v) is 6.45. The van der Waals surface area contributed by atoms with Crippen LogP contribution in [0.3, 0.4) is 0 Å². The minimum Gasteiger partial charge on any atom is -0.493 e. The molecule has 0 aliphatic heterocycles. The lowest BCUT2D eigenvalue weighted by atomic mass is 10.0. The molecule has 0 aliphatic rings. The van der Waals surface area contributed by atoms with Gasteiger partial charge in [0.05, 0.1) is 32.2 Å². The molecule has 0 saturated heterocycles. The number of methoxy groups -OCH3 is 3. The number of nitrogens with zero attached hydrogens (tertiary/aromatic N) is 2. The van der Waals surface area contributed by atoms with Crippen LogP contribution in [0.15, 0.2) is 65.5 Å². The predicted octanol–water partition coefficient (Wildman–Crippen LogP) is 5.60. The van der Waals surface area contributed by atoms with Gasteiger partial charge in [-0.25, -0.2) is 4.98 Å². The molecule has 198 valence electrons. The number of aromatic nitrogens is 2. The molecule has 0 aliphatic carbocycles. The van der Waals surface area contributed by atoms with Crippen molar-refractivity contribution in [1.29, 1.82) is 0 Å². The second-order valence-electron chi connectivity index (χ2n) is 8.96. The van der Waals surface area contributed by atoms with Gasteiger partial charge in [-0.3, -0.25) is 15.0 Å². The molecular weight excluding hydrogens is 482 g/mol. The Morgan fingerprint density at radius 2 is 1.58 bits per heavy atom. The summed E-state index contributed by atoms with van der Waals surface area (Å²) in [6.45, 7) is 2.19. The maximum atomic E-state index is 13.6. The molecule has 4 rings (SSSR count). The van der Waals surface area contributed by atoms with Crippen molar-refractivity contribution < 1.29 is 19.0 Å². The molecule has 0 unspecified atom stereocenters. The smallest absolute Gasteiger partial charge is 0.280 e. The largest absolute Gasteiger partial charge is 0.493 e. The molecule has 1 amide bonds. The fourth-order valence-electron chi connectivity index (χ4n) is 4.39. The monoisotopic (exact) mass is 515 g/mol. The van der Waals surface area contributed by atoms with Crippen LogP contribution < -0.4 is 25.2 Å². The Morgan fingerprint density at radius 3 is 2.21 bits per heavy atom. The van der Waals surface area contributed by atoms with Crippen LogP contribution >= 0.6 is 0 Å². The van der Waals surface area contributed by atoms with Gasteiger partial charge in [-0.05, 0) is 54.8 Å². The molecule has 0 saturated carbocycles. The first-order valence-electron chi connectivity index (χ1n) is 12.7. The number of para-hydroxylation sites is 1. The molecule has 1 heterocycles. The zero-order chi connectivity index (χ0) is 27.1. The summed E-state index contributed by atoms with van der Waals surface area (Å²) in [6.07, 6.45) is 5.71. The molecule has 0 fully saturated rings. The second kappa shape index (κ2) is 12.3. The number of nitrogens with one attached hydrogen (secondary N) is 1. The van der Waals surface area contributed by atoms with E-state index in [1.54, 1.807) is 48.5 Å². The maximum Gasteiger partial charge on any atom is 0.280 e. The summed E-state index contributed by atoms with van der Waals surface area (Å²) in [6, 6.07) is 17.9. The van der Waals surface area contributed by atoms with E-state index < -0.39 is 11.5 Å². The number of hydrogen-bond donors (Lipinski definition) is 1. The number of aryl methyl sites for hydroxylation is 1. The molecule has 0 radical (unpaired) electrons. The van der Waals surface area contributed by atoms with Crippen molar-refractivity contribution in [2.45, 2.75) is 39.0 Å². The van der Waals surface area contributed by atoms with Crippen molar-refractivity contribution in [2.24, 2.45) is 0 Å². The van der Waals surface area contributed by atoms with Gasteiger partial charge in [0.1, 0.15) is 0 Å². The average Bonchev–Trinajstić information content (AvgIpc) is 2.96. The standard InChI is InChI=1S/C30H33N3O5/c1-5-6-7-8-11-20-14-16-21(17-15-20)29(34)32-33-28(31-24-13-10-9-12-23(24)30(33)35)22-18-25(36-2)27(38-4)26(19-22)37-3/h9-10,12-19H,5-8,11H2,1-4H3,(H,32,34). The van der Waals surface area contributed by atoms with E-state index >= 15 is 0 Å². The third-order valence-electron chi connectivity index (χ3n) is 6.45. The van der Waals surface area contributed by atoms with E-state index in [2.05, 4.69) is 12.3 Å². The number of carbonyl (C=O) groups is 1. The van der Waals surface area contributed by atoms with Gasteiger partial charge in [0, 0.05) is 11.1 Å².